The number of halogens is 1. The van der Waals surface area contributed by atoms with Gasteiger partial charge in [-0.1, -0.05) is 11.6 Å². The number of thiazole rings is 1. The minimum Gasteiger partial charge on any atom is -0.391 e. The van der Waals surface area contributed by atoms with Crippen LogP contribution in [0.15, 0.2) is 30.6 Å². The molecule has 0 aromatic carbocycles. The van der Waals surface area contributed by atoms with Crippen molar-refractivity contribution in [1.82, 2.24) is 20.3 Å². The molecule has 0 radical (unpaired) electrons. The van der Waals surface area contributed by atoms with Gasteiger partial charge in [0.2, 0.25) is 0 Å². The molecule has 26 heavy (non-hydrogen) atoms. The Hall–Kier alpha value is -2.26. The monoisotopic (exact) mass is 391 g/mol. The van der Waals surface area contributed by atoms with Crippen molar-refractivity contribution in [3.8, 4) is 11.4 Å². The molecule has 3 rings (SSSR count). The molecule has 0 saturated carbocycles. The highest BCUT2D eigenvalue weighted by atomic mass is 35.5. The fourth-order valence-electron chi connectivity index (χ4n) is 2.48. The van der Waals surface area contributed by atoms with Crippen molar-refractivity contribution in [3.05, 3.63) is 56.8 Å². The molecule has 3 aromatic rings. The number of nitrogens with zero attached hydrogens (tertiary/aromatic N) is 2. The molecule has 0 saturated heterocycles. The van der Waals surface area contributed by atoms with E-state index in [4.69, 9.17) is 22.4 Å². The summed E-state index contributed by atoms with van der Waals surface area (Å²) in [4.78, 5) is 25.0. The lowest BCUT2D eigenvalue weighted by Gasteiger charge is -2.14. The SMILES string of the molecule is Cc1cc(-c2ccc(Cl)cn2)[nH]c1C(=O)NC(CN)c1ncc(CO)s1. The van der Waals surface area contributed by atoms with Crippen LogP contribution in [-0.2, 0) is 6.61 Å². The summed E-state index contributed by atoms with van der Waals surface area (Å²) in [5.74, 6) is -0.279. The van der Waals surface area contributed by atoms with Gasteiger partial charge in [0, 0.05) is 18.9 Å². The molecule has 0 aliphatic rings. The maximum Gasteiger partial charge on any atom is 0.268 e. The zero-order valence-corrected chi connectivity index (χ0v) is 15.6. The predicted octanol–water partition coefficient (Wildman–Crippen LogP) is 2.42. The van der Waals surface area contributed by atoms with Crippen molar-refractivity contribution in [1.29, 1.82) is 0 Å². The van der Waals surface area contributed by atoms with Gasteiger partial charge in [0.1, 0.15) is 10.7 Å². The van der Waals surface area contributed by atoms with E-state index in [1.54, 1.807) is 24.5 Å². The maximum atomic E-state index is 12.7. The summed E-state index contributed by atoms with van der Waals surface area (Å²) >= 11 is 7.18. The number of aliphatic hydroxyl groups excluding tert-OH is 1. The summed E-state index contributed by atoms with van der Waals surface area (Å²) in [6.07, 6.45) is 3.14. The van der Waals surface area contributed by atoms with E-state index in [0.29, 0.717) is 21.4 Å². The third-order valence-corrected chi connectivity index (χ3v) is 5.13. The largest absolute Gasteiger partial charge is 0.391 e. The summed E-state index contributed by atoms with van der Waals surface area (Å²) in [5.41, 5.74) is 8.44. The number of aliphatic hydroxyl groups is 1. The first-order chi connectivity index (χ1) is 12.5. The van der Waals surface area contributed by atoms with E-state index in [2.05, 4.69) is 20.3 Å². The van der Waals surface area contributed by atoms with Gasteiger partial charge in [-0.05, 0) is 30.7 Å². The first kappa shape index (κ1) is 18.5. The number of aromatic nitrogens is 3. The number of hydrogen-bond donors (Lipinski definition) is 4. The lowest BCUT2D eigenvalue weighted by molar-refractivity contribution is 0.0933. The summed E-state index contributed by atoms with van der Waals surface area (Å²) in [5, 5.41) is 13.3. The molecule has 7 nitrogen and oxygen atoms in total. The van der Waals surface area contributed by atoms with E-state index in [9.17, 15) is 4.79 Å². The molecule has 9 heteroatoms. The number of carbonyl (C=O) groups is 1. The minimum absolute atomic E-state index is 0.0872. The third kappa shape index (κ3) is 3.94. The van der Waals surface area contributed by atoms with Crippen molar-refractivity contribution >= 4 is 28.8 Å². The van der Waals surface area contributed by atoms with E-state index < -0.39 is 6.04 Å². The van der Waals surface area contributed by atoms with Gasteiger partial charge in [-0.15, -0.1) is 11.3 Å². The molecule has 0 aliphatic heterocycles. The van der Waals surface area contributed by atoms with E-state index in [1.165, 1.54) is 11.3 Å². The molecule has 1 amide bonds. The van der Waals surface area contributed by atoms with Gasteiger partial charge in [-0.25, -0.2) is 4.98 Å². The molecule has 1 atom stereocenters. The molecule has 0 fully saturated rings. The number of hydrogen-bond acceptors (Lipinski definition) is 6. The topological polar surface area (TPSA) is 117 Å². The van der Waals surface area contributed by atoms with Gasteiger partial charge in [0.25, 0.3) is 5.91 Å². The van der Waals surface area contributed by atoms with Crippen molar-refractivity contribution in [2.75, 3.05) is 6.54 Å². The normalized spacial score (nSPS) is 12.2. The molecule has 136 valence electrons. The average molecular weight is 392 g/mol. The molecule has 5 N–H and O–H groups in total. The van der Waals surface area contributed by atoms with E-state index in [-0.39, 0.29) is 19.1 Å². The number of pyridine rings is 1. The van der Waals surface area contributed by atoms with Crippen LogP contribution in [0.5, 0.6) is 0 Å². The smallest absolute Gasteiger partial charge is 0.268 e. The number of nitrogens with two attached hydrogens (primary N) is 1. The fraction of sp³-hybridized carbons (Fsp3) is 0.235. The van der Waals surface area contributed by atoms with Gasteiger partial charge in [0.05, 0.1) is 33.9 Å². The Kier molecular flexibility index (Phi) is 5.67. The van der Waals surface area contributed by atoms with Crippen LogP contribution >= 0.6 is 22.9 Å². The molecule has 0 aliphatic carbocycles. The van der Waals surface area contributed by atoms with Gasteiger partial charge in [0.15, 0.2) is 0 Å². The molecule has 0 bridgehead atoms. The van der Waals surface area contributed by atoms with E-state index in [1.807, 2.05) is 13.0 Å². The van der Waals surface area contributed by atoms with Crippen molar-refractivity contribution in [2.45, 2.75) is 19.6 Å². The lowest BCUT2D eigenvalue weighted by atomic mass is 10.2. The number of rotatable bonds is 6. The van der Waals surface area contributed by atoms with E-state index >= 15 is 0 Å². The van der Waals surface area contributed by atoms with Crippen LogP contribution in [-0.4, -0.2) is 32.5 Å². The molecule has 0 spiro atoms. The second kappa shape index (κ2) is 7.96. The zero-order valence-electron chi connectivity index (χ0n) is 14.0. The number of carbonyl (C=O) groups excluding carboxylic acids is 1. The van der Waals surface area contributed by atoms with Gasteiger partial charge in [-0.3, -0.25) is 9.78 Å². The highest BCUT2D eigenvalue weighted by Crippen LogP contribution is 2.23. The predicted molar refractivity (Wildman–Crippen MR) is 101 cm³/mol. The standard InChI is InChI=1S/C17H18ClN5O2S/c1-9-4-13(12-3-2-10(18)6-20-12)22-15(9)16(25)23-14(5-19)17-21-7-11(8-24)26-17/h2-4,6-7,14,22,24H,5,8,19H2,1H3,(H,23,25). The minimum atomic E-state index is -0.424. The lowest BCUT2D eigenvalue weighted by Crippen LogP contribution is -2.33. The van der Waals surface area contributed by atoms with Crippen LogP contribution in [0.2, 0.25) is 5.02 Å². The van der Waals surface area contributed by atoms with Gasteiger partial charge < -0.3 is 21.1 Å². The summed E-state index contributed by atoms with van der Waals surface area (Å²) in [7, 11) is 0. The number of aryl methyl sites for hydroxylation is 1. The van der Waals surface area contributed by atoms with Gasteiger partial charge >= 0.3 is 0 Å². The second-order valence-electron chi connectivity index (χ2n) is 5.69. The highest BCUT2D eigenvalue weighted by molar-refractivity contribution is 7.11. The molecule has 3 aromatic heterocycles. The quantitative estimate of drug-likeness (QED) is 0.514. The first-order valence-corrected chi connectivity index (χ1v) is 9.09. The second-order valence-corrected chi connectivity index (χ2v) is 7.27. The van der Waals surface area contributed by atoms with Crippen LogP contribution in [0.1, 0.15) is 32.0 Å². The highest BCUT2D eigenvalue weighted by Gasteiger charge is 2.20. The van der Waals surface area contributed by atoms with Crippen molar-refractivity contribution in [2.24, 2.45) is 5.73 Å². The molecular formula is C17H18ClN5O2S. The van der Waals surface area contributed by atoms with Gasteiger partial charge in [-0.2, -0.15) is 0 Å². The Morgan fingerprint density at radius 3 is 2.85 bits per heavy atom. The van der Waals surface area contributed by atoms with E-state index in [0.717, 1.165) is 16.1 Å². The number of amides is 1. The van der Waals surface area contributed by atoms with Crippen molar-refractivity contribution in [3.63, 3.8) is 0 Å². The Morgan fingerprint density at radius 2 is 2.23 bits per heavy atom. The van der Waals surface area contributed by atoms with Crippen LogP contribution in [0, 0.1) is 6.92 Å². The Labute approximate surface area is 159 Å². The Bertz CT molecular complexity index is 906. The number of H-pyrrole nitrogens is 1. The Balaban J connectivity index is 1.79. The molecule has 1 unspecified atom stereocenters. The molecule has 3 heterocycles. The average Bonchev–Trinajstić information content (AvgIpc) is 3.27. The number of nitrogens with one attached hydrogen (secondary N) is 2. The summed E-state index contributed by atoms with van der Waals surface area (Å²) < 4.78 is 0. The third-order valence-electron chi connectivity index (χ3n) is 3.81. The van der Waals surface area contributed by atoms with Crippen LogP contribution in [0.4, 0.5) is 0 Å². The van der Waals surface area contributed by atoms with Crippen molar-refractivity contribution < 1.29 is 9.90 Å². The zero-order chi connectivity index (χ0) is 18.7. The first-order valence-electron chi connectivity index (χ1n) is 7.89. The summed E-state index contributed by atoms with van der Waals surface area (Å²) in [6, 6.07) is 4.96. The fourth-order valence-corrected chi connectivity index (χ4v) is 3.43. The number of aromatic amines is 1. The maximum absolute atomic E-state index is 12.7. The van der Waals surface area contributed by atoms with Crippen LogP contribution in [0.25, 0.3) is 11.4 Å². The molecular weight excluding hydrogens is 374 g/mol. The summed E-state index contributed by atoms with van der Waals surface area (Å²) in [6.45, 7) is 1.96. The van der Waals surface area contributed by atoms with Crippen LogP contribution < -0.4 is 11.1 Å². The Morgan fingerprint density at radius 1 is 1.42 bits per heavy atom. The van der Waals surface area contributed by atoms with Crippen LogP contribution in [0.3, 0.4) is 0 Å².